The summed E-state index contributed by atoms with van der Waals surface area (Å²) < 4.78 is 0. The minimum Gasteiger partial charge on any atom is -0.507 e. The summed E-state index contributed by atoms with van der Waals surface area (Å²) in [6.45, 7) is 10.1. The standard InChI is InChI=1S/C28H28N2O3/c1-17-10-11-20(28(3,4)5)16-21(17)25(31)23-24(19-12-14-29-15-13-19)30(27(33)26(23)32)22-9-7-6-8-18(22)2/h6-16,24,31H,1-5H3/b25-23+. The van der Waals surface area contributed by atoms with Crippen LogP contribution < -0.4 is 4.90 Å². The minimum absolute atomic E-state index is 0.0867. The Balaban J connectivity index is 1.99. The van der Waals surface area contributed by atoms with E-state index in [4.69, 9.17) is 0 Å². The summed E-state index contributed by atoms with van der Waals surface area (Å²) in [5.41, 5.74) is 4.58. The minimum atomic E-state index is -0.758. The molecule has 0 spiro atoms. The Morgan fingerprint density at radius 2 is 1.61 bits per heavy atom. The van der Waals surface area contributed by atoms with Gasteiger partial charge >= 0.3 is 0 Å². The first-order valence-electron chi connectivity index (χ1n) is 11.0. The maximum Gasteiger partial charge on any atom is 0.300 e. The monoisotopic (exact) mass is 440 g/mol. The van der Waals surface area contributed by atoms with Gasteiger partial charge in [-0.25, -0.2) is 0 Å². The average Bonchev–Trinajstić information content (AvgIpc) is 3.04. The number of aliphatic hydroxyl groups is 1. The fourth-order valence-corrected chi connectivity index (χ4v) is 4.26. The molecule has 1 unspecified atom stereocenters. The van der Waals surface area contributed by atoms with Gasteiger partial charge in [0, 0.05) is 23.6 Å². The van der Waals surface area contributed by atoms with Crippen LogP contribution in [0.3, 0.4) is 0 Å². The third-order valence-electron chi connectivity index (χ3n) is 6.20. The van der Waals surface area contributed by atoms with Crippen LogP contribution in [-0.2, 0) is 15.0 Å². The van der Waals surface area contributed by atoms with E-state index < -0.39 is 17.7 Å². The zero-order chi connectivity index (χ0) is 23.9. The normalized spacial score (nSPS) is 18.1. The summed E-state index contributed by atoms with van der Waals surface area (Å²) in [5.74, 6) is -1.51. The van der Waals surface area contributed by atoms with Crippen molar-refractivity contribution in [3.63, 3.8) is 0 Å². The van der Waals surface area contributed by atoms with Crippen molar-refractivity contribution in [2.24, 2.45) is 0 Å². The summed E-state index contributed by atoms with van der Waals surface area (Å²) >= 11 is 0. The van der Waals surface area contributed by atoms with E-state index in [2.05, 4.69) is 25.8 Å². The molecular formula is C28H28N2O3. The second-order valence-corrected chi connectivity index (χ2v) is 9.52. The largest absolute Gasteiger partial charge is 0.507 e. The fraction of sp³-hybridized carbons (Fsp3) is 0.250. The zero-order valence-electron chi connectivity index (χ0n) is 19.6. The molecule has 0 aliphatic carbocycles. The third kappa shape index (κ3) is 3.95. The molecule has 1 amide bonds. The molecule has 168 valence electrons. The Labute approximate surface area is 194 Å². The molecule has 4 rings (SSSR count). The predicted molar refractivity (Wildman–Crippen MR) is 130 cm³/mol. The molecule has 1 aliphatic heterocycles. The molecule has 0 saturated carbocycles. The van der Waals surface area contributed by atoms with Crippen molar-refractivity contribution in [1.82, 2.24) is 4.98 Å². The molecule has 0 radical (unpaired) electrons. The lowest BCUT2D eigenvalue weighted by molar-refractivity contribution is -0.132. The summed E-state index contributed by atoms with van der Waals surface area (Å²) in [4.78, 5) is 32.3. The molecular weight excluding hydrogens is 412 g/mol. The van der Waals surface area contributed by atoms with Gasteiger partial charge in [0.15, 0.2) is 0 Å². The lowest BCUT2D eigenvalue weighted by atomic mass is 9.84. The van der Waals surface area contributed by atoms with Crippen molar-refractivity contribution in [2.45, 2.75) is 46.1 Å². The number of carbonyl (C=O) groups excluding carboxylic acids is 2. The molecule has 0 bridgehead atoms. The Kier molecular flexibility index (Phi) is 5.66. The number of benzene rings is 2. The van der Waals surface area contributed by atoms with E-state index in [-0.39, 0.29) is 16.7 Å². The van der Waals surface area contributed by atoms with E-state index in [1.54, 1.807) is 24.5 Å². The van der Waals surface area contributed by atoms with Crippen LogP contribution in [0.5, 0.6) is 0 Å². The third-order valence-corrected chi connectivity index (χ3v) is 6.20. The summed E-state index contributed by atoms with van der Waals surface area (Å²) in [6.07, 6.45) is 3.25. The number of anilines is 1. The number of para-hydroxylation sites is 1. The van der Waals surface area contributed by atoms with Crippen molar-refractivity contribution in [1.29, 1.82) is 0 Å². The summed E-state index contributed by atoms with van der Waals surface area (Å²) in [6, 6.07) is 16.1. The quantitative estimate of drug-likeness (QED) is 0.326. The number of aryl methyl sites for hydroxylation is 2. The number of rotatable bonds is 3. The highest BCUT2D eigenvalue weighted by molar-refractivity contribution is 6.51. The average molecular weight is 441 g/mol. The van der Waals surface area contributed by atoms with Crippen molar-refractivity contribution in [2.75, 3.05) is 4.90 Å². The van der Waals surface area contributed by atoms with Gasteiger partial charge in [0.1, 0.15) is 5.76 Å². The van der Waals surface area contributed by atoms with Crippen LogP contribution in [0.2, 0.25) is 0 Å². The van der Waals surface area contributed by atoms with Gasteiger partial charge in [-0.3, -0.25) is 19.5 Å². The first-order valence-corrected chi connectivity index (χ1v) is 11.0. The van der Waals surface area contributed by atoms with E-state index in [1.165, 1.54) is 4.90 Å². The lowest BCUT2D eigenvalue weighted by Crippen LogP contribution is -2.30. The molecule has 1 N–H and O–H groups in total. The summed E-state index contributed by atoms with van der Waals surface area (Å²) in [7, 11) is 0. The highest BCUT2D eigenvalue weighted by Gasteiger charge is 2.47. The maximum absolute atomic E-state index is 13.4. The van der Waals surface area contributed by atoms with Crippen LogP contribution in [0.1, 0.15) is 54.6 Å². The number of Topliss-reactive ketones (excluding diaryl/α,β-unsaturated/α-hetero) is 1. The molecule has 5 nitrogen and oxygen atoms in total. The smallest absolute Gasteiger partial charge is 0.300 e. The highest BCUT2D eigenvalue weighted by atomic mass is 16.3. The lowest BCUT2D eigenvalue weighted by Gasteiger charge is -2.27. The molecule has 1 aliphatic rings. The zero-order valence-corrected chi connectivity index (χ0v) is 19.6. The number of aliphatic hydroxyl groups excluding tert-OH is 1. The molecule has 33 heavy (non-hydrogen) atoms. The van der Waals surface area contributed by atoms with Gasteiger partial charge in [-0.1, -0.05) is 51.1 Å². The topological polar surface area (TPSA) is 70.5 Å². The summed E-state index contributed by atoms with van der Waals surface area (Å²) in [5, 5.41) is 11.5. The molecule has 1 fully saturated rings. The molecule has 5 heteroatoms. The van der Waals surface area contributed by atoms with Gasteiger partial charge in [0.05, 0.1) is 11.6 Å². The number of ketones is 1. The number of pyridine rings is 1. The number of nitrogens with zero attached hydrogens (tertiary/aromatic N) is 2. The van der Waals surface area contributed by atoms with Gasteiger partial charge < -0.3 is 5.11 Å². The van der Waals surface area contributed by atoms with E-state index in [1.807, 2.05) is 56.3 Å². The maximum atomic E-state index is 13.4. The van der Waals surface area contributed by atoms with Gasteiger partial charge in [-0.2, -0.15) is 0 Å². The van der Waals surface area contributed by atoms with Crippen molar-refractivity contribution in [3.05, 3.63) is 100 Å². The van der Waals surface area contributed by atoms with Crippen LogP contribution in [0.4, 0.5) is 5.69 Å². The Bertz CT molecular complexity index is 1270. The van der Waals surface area contributed by atoms with Crippen LogP contribution >= 0.6 is 0 Å². The van der Waals surface area contributed by atoms with E-state index >= 15 is 0 Å². The second-order valence-electron chi connectivity index (χ2n) is 9.52. The van der Waals surface area contributed by atoms with Crippen LogP contribution in [0.15, 0.2) is 72.6 Å². The van der Waals surface area contributed by atoms with Crippen LogP contribution in [0, 0.1) is 13.8 Å². The molecule has 3 aromatic rings. The highest BCUT2D eigenvalue weighted by Crippen LogP contribution is 2.43. The van der Waals surface area contributed by atoms with Gasteiger partial charge in [0.2, 0.25) is 0 Å². The number of hydrogen-bond acceptors (Lipinski definition) is 4. The Morgan fingerprint density at radius 1 is 0.939 bits per heavy atom. The van der Waals surface area contributed by atoms with E-state index in [0.29, 0.717) is 16.8 Å². The van der Waals surface area contributed by atoms with Crippen molar-refractivity contribution < 1.29 is 14.7 Å². The molecule has 1 saturated heterocycles. The SMILES string of the molecule is Cc1ccc(C(C)(C)C)cc1/C(O)=C1\C(=O)C(=O)N(c2ccccc2C)C1c1ccncc1. The van der Waals surface area contributed by atoms with Crippen molar-refractivity contribution >= 4 is 23.1 Å². The van der Waals surface area contributed by atoms with Gasteiger partial charge in [0.25, 0.3) is 11.7 Å². The number of amides is 1. The molecule has 1 aromatic heterocycles. The van der Waals surface area contributed by atoms with Gasteiger partial charge in [-0.15, -0.1) is 0 Å². The Hall–Kier alpha value is -3.73. The Morgan fingerprint density at radius 3 is 2.24 bits per heavy atom. The fourth-order valence-electron chi connectivity index (χ4n) is 4.26. The molecule has 2 aromatic carbocycles. The van der Waals surface area contributed by atoms with Crippen molar-refractivity contribution in [3.8, 4) is 0 Å². The number of hydrogen-bond donors (Lipinski definition) is 1. The first kappa shape index (κ1) is 22.5. The molecule has 2 heterocycles. The van der Waals surface area contributed by atoms with E-state index in [9.17, 15) is 14.7 Å². The number of aromatic nitrogens is 1. The van der Waals surface area contributed by atoms with Crippen LogP contribution in [-0.4, -0.2) is 21.8 Å². The van der Waals surface area contributed by atoms with Gasteiger partial charge in [-0.05, 0) is 65.8 Å². The number of carbonyl (C=O) groups is 2. The van der Waals surface area contributed by atoms with E-state index in [0.717, 1.165) is 16.7 Å². The molecule has 1 atom stereocenters. The first-order chi connectivity index (χ1) is 15.6. The second kappa shape index (κ2) is 8.32. The predicted octanol–water partition coefficient (Wildman–Crippen LogP) is 5.62. The van der Waals surface area contributed by atoms with Crippen LogP contribution in [0.25, 0.3) is 5.76 Å².